The Morgan fingerprint density at radius 2 is 2.11 bits per heavy atom. The zero-order chi connectivity index (χ0) is 14.0. The molecule has 0 spiro atoms. The Bertz CT molecular complexity index is 563. The van der Waals surface area contributed by atoms with E-state index in [-0.39, 0.29) is 6.61 Å². The van der Waals surface area contributed by atoms with Crippen molar-refractivity contribution in [2.75, 3.05) is 18.5 Å². The van der Waals surface area contributed by atoms with Crippen LogP contribution in [-0.4, -0.2) is 39.0 Å². The Kier molecular flexibility index (Phi) is 4.07. The van der Waals surface area contributed by atoms with Crippen molar-refractivity contribution in [3.05, 3.63) is 24.0 Å². The predicted octanol–water partition coefficient (Wildman–Crippen LogP) is 1.46. The van der Waals surface area contributed by atoms with E-state index in [0.29, 0.717) is 12.5 Å². The van der Waals surface area contributed by atoms with Crippen LogP contribution >= 0.6 is 0 Å². The van der Waals surface area contributed by atoms with E-state index >= 15 is 0 Å². The maximum atomic E-state index is 9.32. The molecule has 0 bridgehead atoms. The number of aliphatic hydroxyl groups excluding tert-OH is 2. The van der Waals surface area contributed by atoms with Crippen LogP contribution in [0.3, 0.4) is 0 Å². The molecule has 1 aromatic carbocycles. The molecule has 1 aromatic heterocycles. The van der Waals surface area contributed by atoms with Crippen molar-refractivity contribution in [3.8, 4) is 0 Å². The molecule has 0 aliphatic carbocycles. The van der Waals surface area contributed by atoms with Gasteiger partial charge in [0.1, 0.15) is 5.82 Å². The molecule has 5 nitrogen and oxygen atoms in total. The third-order valence-electron chi connectivity index (χ3n) is 3.18. The van der Waals surface area contributed by atoms with E-state index < -0.39 is 6.10 Å². The quantitative estimate of drug-likeness (QED) is 0.764. The van der Waals surface area contributed by atoms with Gasteiger partial charge in [-0.05, 0) is 18.2 Å². The second kappa shape index (κ2) is 5.59. The third kappa shape index (κ3) is 2.88. The second-order valence-corrected chi connectivity index (χ2v) is 5.10. The molecule has 1 unspecified atom stereocenters. The number of anilines is 1. The highest BCUT2D eigenvalue weighted by Crippen LogP contribution is 2.23. The van der Waals surface area contributed by atoms with Gasteiger partial charge >= 0.3 is 0 Å². The Labute approximate surface area is 112 Å². The number of benzene rings is 1. The van der Waals surface area contributed by atoms with Crippen LogP contribution in [-0.2, 0) is 7.05 Å². The zero-order valence-corrected chi connectivity index (χ0v) is 11.6. The largest absolute Gasteiger partial charge is 0.394 e. The van der Waals surface area contributed by atoms with Crippen molar-refractivity contribution in [1.29, 1.82) is 0 Å². The van der Waals surface area contributed by atoms with Gasteiger partial charge in [-0.25, -0.2) is 4.98 Å². The molecule has 19 heavy (non-hydrogen) atoms. The SMILES string of the molecule is CC(C)c1nc2cc(NCC(O)CO)ccc2n1C. The van der Waals surface area contributed by atoms with Crippen molar-refractivity contribution in [2.24, 2.45) is 7.05 Å². The van der Waals surface area contributed by atoms with E-state index in [1.54, 1.807) is 0 Å². The van der Waals surface area contributed by atoms with Crippen molar-refractivity contribution >= 4 is 16.7 Å². The molecule has 104 valence electrons. The molecule has 2 aromatic rings. The second-order valence-electron chi connectivity index (χ2n) is 5.10. The molecule has 2 rings (SSSR count). The Morgan fingerprint density at radius 1 is 1.37 bits per heavy atom. The number of aliphatic hydroxyl groups is 2. The first kappa shape index (κ1) is 13.8. The molecule has 0 amide bonds. The summed E-state index contributed by atoms with van der Waals surface area (Å²) in [7, 11) is 2.02. The van der Waals surface area contributed by atoms with Gasteiger partial charge in [0.15, 0.2) is 0 Å². The summed E-state index contributed by atoms with van der Waals surface area (Å²) < 4.78 is 2.10. The van der Waals surface area contributed by atoms with Crippen molar-refractivity contribution in [1.82, 2.24) is 9.55 Å². The summed E-state index contributed by atoms with van der Waals surface area (Å²) in [4.78, 5) is 4.63. The summed E-state index contributed by atoms with van der Waals surface area (Å²) in [5.41, 5.74) is 2.93. The fourth-order valence-corrected chi connectivity index (χ4v) is 2.15. The number of nitrogens with one attached hydrogen (secondary N) is 1. The van der Waals surface area contributed by atoms with Gasteiger partial charge < -0.3 is 20.1 Å². The van der Waals surface area contributed by atoms with Crippen LogP contribution < -0.4 is 5.32 Å². The molecule has 0 aliphatic rings. The normalized spacial score (nSPS) is 13.2. The third-order valence-corrected chi connectivity index (χ3v) is 3.18. The van der Waals surface area contributed by atoms with Crippen molar-refractivity contribution in [3.63, 3.8) is 0 Å². The van der Waals surface area contributed by atoms with Gasteiger partial charge in [-0.3, -0.25) is 0 Å². The van der Waals surface area contributed by atoms with Crippen LogP contribution in [0.5, 0.6) is 0 Å². The molecule has 0 radical (unpaired) electrons. The lowest BCUT2D eigenvalue weighted by molar-refractivity contribution is 0.105. The lowest BCUT2D eigenvalue weighted by Crippen LogP contribution is -2.22. The number of hydrogen-bond acceptors (Lipinski definition) is 4. The van der Waals surface area contributed by atoms with Gasteiger partial charge in [0.2, 0.25) is 0 Å². The van der Waals surface area contributed by atoms with Crippen molar-refractivity contribution in [2.45, 2.75) is 25.9 Å². The molecule has 1 heterocycles. The lowest BCUT2D eigenvalue weighted by Gasteiger charge is -2.10. The summed E-state index contributed by atoms with van der Waals surface area (Å²) in [6.45, 7) is 4.33. The molecule has 3 N–H and O–H groups in total. The number of hydrogen-bond donors (Lipinski definition) is 3. The first-order chi connectivity index (χ1) is 9.02. The van der Waals surface area contributed by atoms with Gasteiger partial charge in [-0.15, -0.1) is 0 Å². The van der Waals surface area contributed by atoms with Gasteiger partial charge in [0.25, 0.3) is 0 Å². The van der Waals surface area contributed by atoms with E-state index in [9.17, 15) is 5.11 Å². The van der Waals surface area contributed by atoms with Crippen molar-refractivity contribution < 1.29 is 10.2 Å². The number of aryl methyl sites for hydroxylation is 1. The predicted molar refractivity (Wildman–Crippen MR) is 76.4 cm³/mol. The smallest absolute Gasteiger partial charge is 0.112 e. The molecule has 0 fully saturated rings. The number of fused-ring (bicyclic) bond motifs is 1. The highest BCUT2D eigenvalue weighted by Gasteiger charge is 2.11. The minimum atomic E-state index is -0.745. The van der Waals surface area contributed by atoms with Gasteiger partial charge in [0.05, 0.1) is 23.7 Å². The van der Waals surface area contributed by atoms with E-state index in [2.05, 4.69) is 28.7 Å². The van der Waals surface area contributed by atoms with E-state index in [1.165, 1.54) is 0 Å². The lowest BCUT2D eigenvalue weighted by atomic mass is 10.2. The highest BCUT2D eigenvalue weighted by atomic mass is 16.3. The summed E-state index contributed by atoms with van der Waals surface area (Å²) in [6.07, 6.45) is -0.745. The summed E-state index contributed by atoms with van der Waals surface area (Å²) in [5, 5.41) is 21.2. The highest BCUT2D eigenvalue weighted by molar-refractivity contribution is 5.80. The average Bonchev–Trinajstić information content (AvgIpc) is 2.73. The molecule has 5 heteroatoms. The average molecular weight is 263 g/mol. The van der Waals surface area contributed by atoms with Crippen LogP contribution in [0, 0.1) is 0 Å². The first-order valence-corrected chi connectivity index (χ1v) is 6.52. The molecule has 0 saturated heterocycles. The first-order valence-electron chi connectivity index (χ1n) is 6.52. The summed E-state index contributed by atoms with van der Waals surface area (Å²) in [5.74, 6) is 1.44. The molecular formula is C14H21N3O2. The standard InChI is InChI=1S/C14H21N3O2/c1-9(2)14-16-12-6-10(15-7-11(19)8-18)4-5-13(12)17(14)3/h4-6,9,11,15,18-19H,7-8H2,1-3H3. The maximum absolute atomic E-state index is 9.32. The van der Waals surface area contributed by atoms with E-state index in [1.807, 2.05) is 25.2 Å². The van der Waals surface area contributed by atoms with Crippen LogP contribution in [0.1, 0.15) is 25.6 Å². The number of nitrogens with zero attached hydrogens (tertiary/aromatic N) is 2. The topological polar surface area (TPSA) is 70.3 Å². The van der Waals surface area contributed by atoms with Crippen LogP contribution in [0.4, 0.5) is 5.69 Å². The maximum Gasteiger partial charge on any atom is 0.112 e. The monoisotopic (exact) mass is 263 g/mol. The Hall–Kier alpha value is -1.59. The van der Waals surface area contributed by atoms with Gasteiger partial charge in [-0.1, -0.05) is 13.8 Å². The van der Waals surface area contributed by atoms with E-state index in [4.69, 9.17) is 5.11 Å². The van der Waals surface area contributed by atoms with Crippen LogP contribution in [0.2, 0.25) is 0 Å². The Balaban J connectivity index is 2.26. The summed E-state index contributed by atoms with van der Waals surface area (Å²) in [6, 6.07) is 5.94. The zero-order valence-electron chi connectivity index (χ0n) is 11.6. The number of imidazole rings is 1. The van der Waals surface area contributed by atoms with Crippen LogP contribution in [0.25, 0.3) is 11.0 Å². The fourth-order valence-electron chi connectivity index (χ4n) is 2.15. The fraction of sp³-hybridized carbons (Fsp3) is 0.500. The van der Waals surface area contributed by atoms with Gasteiger partial charge in [0, 0.05) is 25.2 Å². The number of rotatable bonds is 5. The van der Waals surface area contributed by atoms with Crippen LogP contribution in [0.15, 0.2) is 18.2 Å². The molecule has 0 aliphatic heterocycles. The number of aromatic nitrogens is 2. The van der Waals surface area contributed by atoms with E-state index in [0.717, 1.165) is 22.5 Å². The minimum Gasteiger partial charge on any atom is -0.394 e. The van der Waals surface area contributed by atoms with Gasteiger partial charge in [-0.2, -0.15) is 0 Å². The Morgan fingerprint density at radius 3 is 2.74 bits per heavy atom. The molecular weight excluding hydrogens is 242 g/mol. The summed E-state index contributed by atoms with van der Waals surface area (Å²) >= 11 is 0. The minimum absolute atomic E-state index is 0.240. The molecule has 1 atom stereocenters. The molecule has 0 saturated carbocycles.